The molecule has 1 saturated heterocycles. The summed E-state index contributed by atoms with van der Waals surface area (Å²) >= 11 is 6.48. The molecular weight excluding hydrogens is 202 g/mol. The second-order valence-electron chi connectivity index (χ2n) is 2.62. The standard InChI is InChI=1S/C9H7NOS2/c11-8-6-13-9(12)10(8)7-4-2-1-3-5-7/h1-5H,6H2. The largest absolute Gasteiger partial charge is 0.273 e. The van der Waals surface area contributed by atoms with E-state index >= 15 is 0 Å². The molecule has 2 rings (SSSR count). The summed E-state index contributed by atoms with van der Waals surface area (Å²) in [6.07, 6.45) is 0. The summed E-state index contributed by atoms with van der Waals surface area (Å²) in [6.45, 7) is 0. The van der Waals surface area contributed by atoms with Gasteiger partial charge < -0.3 is 0 Å². The number of nitrogens with zero attached hydrogens (tertiary/aromatic N) is 1. The molecule has 0 unspecified atom stereocenters. The van der Waals surface area contributed by atoms with Crippen LogP contribution >= 0.6 is 24.0 Å². The number of carbonyl (C=O) groups excluding carboxylic acids is 1. The van der Waals surface area contributed by atoms with Gasteiger partial charge in [-0.1, -0.05) is 42.2 Å². The van der Waals surface area contributed by atoms with Crippen molar-refractivity contribution in [1.29, 1.82) is 0 Å². The van der Waals surface area contributed by atoms with E-state index < -0.39 is 0 Å². The quantitative estimate of drug-likeness (QED) is 0.660. The smallest absolute Gasteiger partial charge is 0.243 e. The Kier molecular flexibility index (Phi) is 2.33. The summed E-state index contributed by atoms with van der Waals surface area (Å²) in [5.74, 6) is 0.537. The molecule has 1 heterocycles. The van der Waals surface area contributed by atoms with E-state index in [-0.39, 0.29) is 5.91 Å². The van der Waals surface area contributed by atoms with Crippen molar-refractivity contribution in [2.24, 2.45) is 0 Å². The summed E-state index contributed by atoms with van der Waals surface area (Å²) in [5, 5.41) is 0. The Bertz CT molecular complexity index is 334. The molecule has 0 aliphatic carbocycles. The Morgan fingerprint density at radius 2 is 2.00 bits per heavy atom. The van der Waals surface area contributed by atoms with Crippen molar-refractivity contribution < 1.29 is 4.79 Å². The zero-order valence-corrected chi connectivity index (χ0v) is 8.40. The highest BCUT2D eigenvalue weighted by molar-refractivity contribution is 8.24. The molecule has 1 aliphatic rings. The highest BCUT2D eigenvalue weighted by Gasteiger charge is 2.27. The van der Waals surface area contributed by atoms with Crippen molar-refractivity contribution in [3.8, 4) is 0 Å². The van der Waals surface area contributed by atoms with Crippen molar-refractivity contribution in [1.82, 2.24) is 0 Å². The van der Waals surface area contributed by atoms with E-state index in [1.54, 1.807) is 4.90 Å². The summed E-state index contributed by atoms with van der Waals surface area (Å²) in [7, 11) is 0. The predicted octanol–water partition coefficient (Wildman–Crippen LogP) is 2.05. The predicted molar refractivity (Wildman–Crippen MR) is 59.0 cm³/mol. The van der Waals surface area contributed by atoms with Gasteiger partial charge in [-0.3, -0.25) is 9.69 Å². The van der Waals surface area contributed by atoms with Crippen LogP contribution in [0.15, 0.2) is 30.3 Å². The zero-order valence-electron chi connectivity index (χ0n) is 6.77. The molecule has 0 spiro atoms. The maximum atomic E-state index is 11.4. The molecule has 1 aliphatic heterocycles. The van der Waals surface area contributed by atoms with E-state index in [0.29, 0.717) is 10.1 Å². The minimum atomic E-state index is 0.0706. The van der Waals surface area contributed by atoms with Gasteiger partial charge in [-0.05, 0) is 12.1 Å². The molecule has 1 fully saturated rings. The fourth-order valence-electron chi connectivity index (χ4n) is 1.18. The lowest BCUT2D eigenvalue weighted by atomic mass is 10.3. The highest BCUT2D eigenvalue weighted by Crippen LogP contribution is 2.25. The summed E-state index contributed by atoms with van der Waals surface area (Å²) in [5.41, 5.74) is 0.863. The van der Waals surface area contributed by atoms with E-state index in [0.717, 1.165) is 5.69 Å². The fraction of sp³-hybridized carbons (Fsp3) is 0.111. The average molecular weight is 209 g/mol. The minimum absolute atomic E-state index is 0.0706. The summed E-state index contributed by atoms with van der Waals surface area (Å²) in [4.78, 5) is 13.0. The SMILES string of the molecule is O=C1CSC(=S)N1c1ccccc1. The first-order valence-electron chi connectivity index (χ1n) is 3.84. The van der Waals surface area contributed by atoms with E-state index in [1.807, 2.05) is 30.3 Å². The number of thiocarbonyl (C=S) groups is 1. The molecule has 2 nitrogen and oxygen atoms in total. The number of para-hydroxylation sites is 1. The number of hydrogen-bond acceptors (Lipinski definition) is 3. The molecule has 13 heavy (non-hydrogen) atoms. The van der Waals surface area contributed by atoms with Crippen LogP contribution in [0, 0.1) is 0 Å². The Balaban J connectivity index is 2.36. The maximum absolute atomic E-state index is 11.4. The lowest BCUT2D eigenvalue weighted by Gasteiger charge is -2.13. The van der Waals surface area contributed by atoms with Crippen molar-refractivity contribution in [3.05, 3.63) is 30.3 Å². The third-order valence-corrected chi connectivity index (χ3v) is 3.12. The molecule has 0 N–H and O–H groups in total. The fourth-order valence-corrected chi connectivity index (χ4v) is 2.28. The van der Waals surface area contributed by atoms with Gasteiger partial charge in [0.1, 0.15) is 4.32 Å². The van der Waals surface area contributed by atoms with Crippen LogP contribution in [0.5, 0.6) is 0 Å². The zero-order chi connectivity index (χ0) is 9.26. The van der Waals surface area contributed by atoms with Gasteiger partial charge in [-0.25, -0.2) is 0 Å². The number of rotatable bonds is 1. The van der Waals surface area contributed by atoms with Gasteiger partial charge >= 0.3 is 0 Å². The first kappa shape index (κ1) is 8.72. The Labute approximate surface area is 85.9 Å². The van der Waals surface area contributed by atoms with Crippen molar-refractivity contribution in [2.45, 2.75) is 0 Å². The number of carbonyl (C=O) groups is 1. The summed E-state index contributed by atoms with van der Waals surface area (Å²) < 4.78 is 0.649. The lowest BCUT2D eigenvalue weighted by molar-refractivity contribution is -0.115. The third kappa shape index (κ3) is 1.59. The van der Waals surface area contributed by atoms with Crippen LogP contribution in [-0.2, 0) is 4.79 Å². The number of benzene rings is 1. The third-order valence-electron chi connectivity index (χ3n) is 1.77. The van der Waals surface area contributed by atoms with Gasteiger partial charge in [0.15, 0.2) is 0 Å². The minimum Gasteiger partial charge on any atom is -0.273 e. The Hall–Kier alpha value is -0.870. The number of thioether (sulfide) groups is 1. The van der Waals surface area contributed by atoms with Gasteiger partial charge in [0.25, 0.3) is 0 Å². The maximum Gasteiger partial charge on any atom is 0.243 e. The van der Waals surface area contributed by atoms with E-state index in [4.69, 9.17) is 12.2 Å². The molecule has 0 radical (unpaired) electrons. The van der Waals surface area contributed by atoms with Gasteiger partial charge in [0.2, 0.25) is 5.91 Å². The van der Waals surface area contributed by atoms with E-state index in [9.17, 15) is 4.79 Å². The topological polar surface area (TPSA) is 20.3 Å². The molecule has 0 aromatic heterocycles. The molecule has 0 atom stereocenters. The molecule has 0 saturated carbocycles. The molecule has 1 amide bonds. The highest BCUT2D eigenvalue weighted by atomic mass is 32.2. The van der Waals surface area contributed by atoms with Gasteiger partial charge in [-0.15, -0.1) is 0 Å². The van der Waals surface area contributed by atoms with Crippen molar-refractivity contribution in [2.75, 3.05) is 10.7 Å². The van der Waals surface area contributed by atoms with E-state index in [2.05, 4.69) is 0 Å². The van der Waals surface area contributed by atoms with Crippen LogP contribution in [0.3, 0.4) is 0 Å². The van der Waals surface area contributed by atoms with Crippen LogP contribution in [0.25, 0.3) is 0 Å². The number of amides is 1. The molecule has 1 aromatic rings. The average Bonchev–Trinajstić information content (AvgIpc) is 2.48. The summed E-state index contributed by atoms with van der Waals surface area (Å²) in [6, 6.07) is 9.48. The van der Waals surface area contributed by atoms with Crippen molar-refractivity contribution in [3.63, 3.8) is 0 Å². The van der Waals surface area contributed by atoms with E-state index in [1.165, 1.54) is 11.8 Å². The van der Waals surface area contributed by atoms with Crippen LogP contribution in [-0.4, -0.2) is 16.0 Å². The second kappa shape index (κ2) is 3.47. The van der Waals surface area contributed by atoms with Gasteiger partial charge in [0.05, 0.1) is 11.4 Å². The van der Waals surface area contributed by atoms with Crippen LogP contribution in [0.4, 0.5) is 5.69 Å². The molecule has 0 bridgehead atoms. The first-order chi connectivity index (χ1) is 6.29. The van der Waals surface area contributed by atoms with Gasteiger partial charge in [0, 0.05) is 0 Å². The Morgan fingerprint density at radius 1 is 1.31 bits per heavy atom. The van der Waals surface area contributed by atoms with Crippen LogP contribution in [0.1, 0.15) is 0 Å². The van der Waals surface area contributed by atoms with Crippen LogP contribution in [0.2, 0.25) is 0 Å². The molecule has 66 valence electrons. The normalized spacial score (nSPS) is 16.8. The molecule has 4 heteroatoms. The monoisotopic (exact) mass is 209 g/mol. The molecular formula is C9H7NOS2. The number of hydrogen-bond donors (Lipinski definition) is 0. The number of anilines is 1. The Morgan fingerprint density at radius 3 is 2.54 bits per heavy atom. The first-order valence-corrected chi connectivity index (χ1v) is 5.23. The molecule has 1 aromatic carbocycles. The van der Waals surface area contributed by atoms with Crippen LogP contribution < -0.4 is 4.90 Å². The van der Waals surface area contributed by atoms with Crippen molar-refractivity contribution >= 4 is 39.9 Å². The van der Waals surface area contributed by atoms with Gasteiger partial charge in [-0.2, -0.15) is 0 Å². The lowest BCUT2D eigenvalue weighted by Crippen LogP contribution is -2.27. The second-order valence-corrected chi connectivity index (χ2v) is 4.23.